The van der Waals surface area contributed by atoms with Crippen LogP contribution < -0.4 is 10.0 Å². The van der Waals surface area contributed by atoms with Gasteiger partial charge in [-0.05, 0) is 72.7 Å². The summed E-state index contributed by atoms with van der Waals surface area (Å²) in [6.45, 7) is 4.16. The lowest BCUT2D eigenvalue weighted by Crippen LogP contribution is -2.58. The van der Waals surface area contributed by atoms with Gasteiger partial charge in [0.25, 0.3) is 0 Å². The second-order valence-corrected chi connectivity index (χ2v) is 13.2. The number of fused-ring (bicyclic) bond motifs is 1. The second-order valence-electron chi connectivity index (χ2n) is 9.08. The van der Waals surface area contributed by atoms with E-state index in [1.165, 1.54) is 0 Å². The molecule has 1 saturated heterocycles. The van der Waals surface area contributed by atoms with Crippen LogP contribution in [-0.4, -0.2) is 35.0 Å². The summed E-state index contributed by atoms with van der Waals surface area (Å²) in [6, 6.07) is 13.7. The molecule has 1 heterocycles. The number of benzene rings is 2. The van der Waals surface area contributed by atoms with E-state index in [4.69, 9.17) is 34.8 Å². The summed E-state index contributed by atoms with van der Waals surface area (Å²) in [4.78, 5) is 13.4. The topological polar surface area (TPSA) is 41.1 Å². The van der Waals surface area contributed by atoms with E-state index in [-0.39, 0.29) is 29.7 Å². The third-order valence-corrected chi connectivity index (χ3v) is 9.83. The molecule has 2 N–H and O–H groups in total. The molecule has 5 unspecified atom stereocenters. The summed E-state index contributed by atoms with van der Waals surface area (Å²) >= 11 is 19.1. The Morgan fingerprint density at radius 3 is 2.41 bits per heavy atom. The quantitative estimate of drug-likeness (QED) is 0.458. The van der Waals surface area contributed by atoms with E-state index in [0.29, 0.717) is 21.5 Å². The minimum absolute atomic E-state index is 0.00333. The van der Waals surface area contributed by atoms with Crippen molar-refractivity contribution in [2.45, 2.75) is 50.1 Å². The van der Waals surface area contributed by atoms with Gasteiger partial charge in [0.05, 0.1) is 0 Å². The van der Waals surface area contributed by atoms with Crippen LogP contribution in [0.15, 0.2) is 42.5 Å². The van der Waals surface area contributed by atoms with Crippen LogP contribution >= 0.6 is 44.2 Å². The normalized spacial score (nSPS) is 30.1. The van der Waals surface area contributed by atoms with Crippen molar-refractivity contribution < 1.29 is 4.79 Å². The van der Waals surface area contributed by atoms with Gasteiger partial charge in [0, 0.05) is 27.0 Å². The van der Waals surface area contributed by atoms with Gasteiger partial charge in [-0.15, -0.1) is 0 Å². The average molecular weight is 512 g/mol. The molecule has 32 heavy (non-hydrogen) atoms. The summed E-state index contributed by atoms with van der Waals surface area (Å²) in [5, 5.41) is 5.20. The molecule has 0 bridgehead atoms. The van der Waals surface area contributed by atoms with E-state index in [9.17, 15) is 4.79 Å². The van der Waals surface area contributed by atoms with E-state index in [0.717, 1.165) is 23.3 Å². The first-order valence-electron chi connectivity index (χ1n) is 10.9. The fourth-order valence-electron chi connectivity index (χ4n) is 5.61. The predicted octanol–water partition coefficient (Wildman–Crippen LogP) is 6.37. The van der Waals surface area contributed by atoms with E-state index in [2.05, 4.69) is 47.8 Å². The molecule has 7 heteroatoms. The summed E-state index contributed by atoms with van der Waals surface area (Å²) in [7, 11) is -1.62. The van der Waals surface area contributed by atoms with Gasteiger partial charge >= 0.3 is 0 Å². The van der Waals surface area contributed by atoms with Gasteiger partial charge in [0.15, 0.2) is 0 Å². The maximum atomic E-state index is 13.4. The fraction of sp³-hybridized carbons (Fsp3) is 0.400. The first-order valence-corrected chi connectivity index (χ1v) is 14.1. The van der Waals surface area contributed by atoms with E-state index in [1.54, 1.807) is 6.07 Å². The Balaban J connectivity index is 1.89. The van der Waals surface area contributed by atoms with Crippen molar-refractivity contribution in [3.63, 3.8) is 0 Å². The number of nitrogens with one attached hydrogen (secondary N) is 2. The molecule has 1 amide bonds. The van der Waals surface area contributed by atoms with E-state index >= 15 is 0 Å². The molecule has 0 aromatic heterocycles. The highest BCUT2D eigenvalue weighted by atomic mass is 35.5. The number of hydrogen-bond acceptors (Lipinski definition) is 2. The summed E-state index contributed by atoms with van der Waals surface area (Å²) in [5.74, 6) is 9.70. The zero-order chi connectivity index (χ0) is 23.3. The Kier molecular flexibility index (Phi) is 6.65. The highest BCUT2D eigenvalue weighted by Gasteiger charge is 2.60. The molecule has 172 valence electrons. The van der Waals surface area contributed by atoms with Gasteiger partial charge in [-0.3, -0.25) is 9.52 Å². The van der Waals surface area contributed by atoms with Crippen LogP contribution in [0.5, 0.6) is 0 Å². The molecular weight excluding hydrogens is 483 g/mol. The molecule has 2 fully saturated rings. The van der Waals surface area contributed by atoms with E-state index < -0.39 is 14.9 Å². The van der Waals surface area contributed by atoms with Crippen molar-refractivity contribution in [3.8, 4) is 0 Å². The van der Waals surface area contributed by atoms with Crippen molar-refractivity contribution in [1.82, 2.24) is 10.0 Å². The molecular formula is C25H29Cl3N2OS. The van der Waals surface area contributed by atoms with Crippen molar-refractivity contribution in [3.05, 3.63) is 68.7 Å². The summed E-state index contributed by atoms with van der Waals surface area (Å²) < 4.78 is 3.68. The molecule has 1 aliphatic heterocycles. The molecule has 2 aromatic carbocycles. The van der Waals surface area contributed by atoms with Gasteiger partial charge in [-0.25, -0.2) is 0 Å². The van der Waals surface area contributed by atoms with Gasteiger partial charge in [0.2, 0.25) is 5.91 Å². The Bertz CT molecular complexity index is 1130. The molecule has 3 nitrogen and oxygen atoms in total. The third kappa shape index (κ3) is 4.21. The van der Waals surface area contributed by atoms with Crippen LogP contribution in [-0.2, 0) is 4.79 Å². The Labute approximate surface area is 206 Å². The maximum Gasteiger partial charge on any atom is 0.241 e. The zero-order valence-corrected chi connectivity index (χ0v) is 21.4. The Hall–Kier alpha value is -1.17. The molecule has 0 spiro atoms. The van der Waals surface area contributed by atoms with Gasteiger partial charge < -0.3 is 5.32 Å². The van der Waals surface area contributed by atoms with Gasteiger partial charge in [0.1, 0.15) is 5.54 Å². The molecule has 2 aliphatic rings. The lowest BCUT2D eigenvalue weighted by atomic mass is 9.59. The van der Waals surface area contributed by atoms with E-state index in [1.807, 2.05) is 24.3 Å². The average Bonchev–Trinajstić information content (AvgIpc) is 2.98. The zero-order valence-electron chi connectivity index (χ0n) is 18.3. The minimum atomic E-state index is -1.62. The number of carbonyl (C=O) groups is 1. The predicted molar refractivity (Wildman–Crippen MR) is 142 cm³/mol. The van der Waals surface area contributed by atoms with Crippen molar-refractivity contribution >= 4 is 61.8 Å². The highest BCUT2D eigenvalue weighted by Crippen LogP contribution is 2.56. The number of carbonyl (C=O) groups excluding carboxylic acids is 1. The number of rotatable bonds is 5. The maximum absolute atomic E-state index is 13.4. The third-order valence-electron chi connectivity index (χ3n) is 7.11. The first kappa shape index (κ1) is 24.0. The van der Waals surface area contributed by atoms with Gasteiger partial charge in [-0.2, -0.15) is 9.39 Å². The fourth-order valence-corrected chi connectivity index (χ4v) is 7.54. The van der Waals surface area contributed by atoms with Crippen molar-refractivity contribution in [2.75, 3.05) is 5.75 Å². The van der Waals surface area contributed by atoms with Crippen LogP contribution in [0.25, 0.3) is 0 Å². The molecule has 5 atom stereocenters. The lowest BCUT2D eigenvalue weighted by molar-refractivity contribution is -0.126. The number of halogens is 3. The molecule has 0 radical (unpaired) electrons. The molecule has 1 saturated carbocycles. The smallest absolute Gasteiger partial charge is 0.241 e. The monoisotopic (exact) mass is 510 g/mol. The van der Waals surface area contributed by atoms with Crippen molar-refractivity contribution in [1.29, 1.82) is 0 Å². The summed E-state index contributed by atoms with van der Waals surface area (Å²) in [6.07, 6.45) is 1.50. The lowest BCUT2D eigenvalue weighted by Gasteiger charge is -2.49. The van der Waals surface area contributed by atoms with Crippen LogP contribution in [0.4, 0.5) is 0 Å². The molecule has 2 aromatic rings. The summed E-state index contributed by atoms with van der Waals surface area (Å²) in [5.41, 5.74) is 1.50. The van der Waals surface area contributed by atoms with Crippen LogP contribution in [0.1, 0.15) is 49.7 Å². The van der Waals surface area contributed by atoms with Crippen LogP contribution in [0.2, 0.25) is 15.1 Å². The van der Waals surface area contributed by atoms with Crippen LogP contribution in [0, 0.1) is 5.92 Å². The Morgan fingerprint density at radius 1 is 1.12 bits per heavy atom. The number of amides is 1. The molecule has 4 rings (SSSR count). The molecule has 1 aliphatic carbocycles. The van der Waals surface area contributed by atoms with Gasteiger partial charge in [-0.1, -0.05) is 71.7 Å². The van der Waals surface area contributed by atoms with Crippen LogP contribution in [0.3, 0.4) is 0 Å². The second kappa shape index (κ2) is 8.88. The SMILES string of the molecule is C=S(=C)(CC)NC12CCC(c3ccc(Cl)cc3Cl)C(c3ccc(Cl)cc3)C1C(C)NC2=O. The highest BCUT2D eigenvalue weighted by molar-refractivity contribution is 8.26. The minimum Gasteiger partial charge on any atom is -0.352 e. The largest absolute Gasteiger partial charge is 0.352 e. The standard InChI is InChI=1S/C25H29Cl3N2OS/c1-5-32(3,4)30-25-13-12-20(19-11-10-18(27)14-21(19)28)22(16-6-8-17(26)9-7-16)23(25)15(2)29-24(25)31/h6-11,14-15,20,22-23,30H,3-5,12-13H2,1-2H3,(H,29,31). The number of hydrogen-bond donors (Lipinski definition) is 2. The van der Waals surface area contributed by atoms with Crippen molar-refractivity contribution in [2.24, 2.45) is 5.92 Å². The first-order chi connectivity index (χ1) is 15.1. The Morgan fingerprint density at radius 2 is 1.78 bits per heavy atom.